The minimum Gasteiger partial charge on any atom is -0.468 e. The van der Waals surface area contributed by atoms with E-state index in [1.54, 1.807) is 0 Å². The van der Waals surface area contributed by atoms with Gasteiger partial charge in [-0.05, 0) is 43.7 Å². The van der Waals surface area contributed by atoms with Crippen LogP contribution in [0.1, 0.15) is 43.4 Å². The van der Waals surface area contributed by atoms with E-state index in [1.807, 2.05) is 36.4 Å². The molecule has 0 saturated carbocycles. The molecule has 5 nitrogen and oxygen atoms in total. The maximum absolute atomic E-state index is 12.2. The molecule has 2 aromatic rings. The molecule has 0 aliphatic carbocycles. The Hall–Kier alpha value is -2.21. The fourth-order valence-electron chi connectivity index (χ4n) is 3.86. The van der Waals surface area contributed by atoms with E-state index >= 15 is 0 Å². The molecule has 1 aliphatic rings. The Morgan fingerprint density at radius 3 is 2.43 bits per heavy atom. The zero-order valence-electron chi connectivity index (χ0n) is 18.0. The van der Waals surface area contributed by atoms with Crippen LogP contribution in [0, 0.1) is 0 Å². The molecule has 0 spiro atoms. The van der Waals surface area contributed by atoms with Crippen molar-refractivity contribution in [2.75, 3.05) is 26.8 Å². The Labute approximate surface area is 179 Å². The Kier molecular flexibility index (Phi) is 8.87. The normalized spacial score (nSPS) is 18.7. The van der Waals surface area contributed by atoms with Crippen LogP contribution in [0.4, 0.5) is 0 Å². The van der Waals surface area contributed by atoms with Crippen molar-refractivity contribution < 1.29 is 19.0 Å². The number of ether oxygens (including phenoxy) is 3. The average molecular weight is 412 g/mol. The van der Waals surface area contributed by atoms with Gasteiger partial charge in [-0.25, -0.2) is 0 Å². The minimum absolute atomic E-state index is 0.0550. The molecular formula is C25H33NO4. The van der Waals surface area contributed by atoms with Gasteiger partial charge in [0.2, 0.25) is 0 Å². The third kappa shape index (κ3) is 6.94. The zero-order chi connectivity index (χ0) is 21.2. The molecule has 0 radical (unpaired) electrons. The molecule has 162 valence electrons. The zero-order valence-corrected chi connectivity index (χ0v) is 18.0. The van der Waals surface area contributed by atoms with Crippen molar-refractivity contribution in [3.05, 3.63) is 71.8 Å². The van der Waals surface area contributed by atoms with Gasteiger partial charge in [-0.15, -0.1) is 0 Å². The third-order valence-corrected chi connectivity index (χ3v) is 5.62. The van der Waals surface area contributed by atoms with E-state index in [0.717, 1.165) is 37.9 Å². The lowest BCUT2D eigenvalue weighted by molar-refractivity contribution is -0.192. The first-order chi connectivity index (χ1) is 14.7. The lowest BCUT2D eigenvalue weighted by Gasteiger charge is -2.34. The highest BCUT2D eigenvalue weighted by molar-refractivity contribution is 5.71. The van der Waals surface area contributed by atoms with E-state index in [1.165, 1.54) is 12.7 Å². The number of carbonyl (C=O) groups is 1. The molecule has 0 aromatic heterocycles. The Balaban J connectivity index is 1.77. The molecule has 1 unspecified atom stereocenters. The van der Waals surface area contributed by atoms with Crippen LogP contribution >= 0.6 is 0 Å². The van der Waals surface area contributed by atoms with Crippen molar-refractivity contribution in [1.82, 2.24) is 4.90 Å². The maximum Gasteiger partial charge on any atom is 0.319 e. The number of methoxy groups -OCH3 is 1. The second kappa shape index (κ2) is 11.8. The average Bonchev–Trinajstić information content (AvgIpc) is 2.80. The summed E-state index contributed by atoms with van der Waals surface area (Å²) in [6.45, 7) is 3.69. The van der Waals surface area contributed by atoms with Crippen LogP contribution in [-0.2, 0) is 25.4 Å². The molecule has 1 aliphatic heterocycles. The smallest absolute Gasteiger partial charge is 0.319 e. The van der Waals surface area contributed by atoms with Crippen LogP contribution in [0.25, 0.3) is 0 Å². The highest BCUT2D eigenvalue weighted by atomic mass is 16.7. The topological polar surface area (TPSA) is 48.0 Å². The van der Waals surface area contributed by atoms with Gasteiger partial charge in [0.15, 0.2) is 6.29 Å². The Morgan fingerprint density at radius 1 is 1.10 bits per heavy atom. The number of nitrogens with zero attached hydrogens (tertiary/aromatic N) is 1. The van der Waals surface area contributed by atoms with Crippen LogP contribution in [0.3, 0.4) is 0 Å². The van der Waals surface area contributed by atoms with E-state index in [0.29, 0.717) is 6.54 Å². The van der Waals surface area contributed by atoms with Crippen molar-refractivity contribution in [3.8, 4) is 0 Å². The summed E-state index contributed by atoms with van der Waals surface area (Å²) < 4.78 is 17.2. The molecule has 1 fully saturated rings. The highest BCUT2D eigenvalue weighted by Gasteiger charge is 2.26. The predicted molar refractivity (Wildman–Crippen MR) is 117 cm³/mol. The Bertz CT molecular complexity index is 746. The van der Waals surface area contributed by atoms with Crippen LogP contribution in [0.15, 0.2) is 60.7 Å². The molecule has 2 aromatic carbocycles. The van der Waals surface area contributed by atoms with E-state index in [-0.39, 0.29) is 30.9 Å². The monoisotopic (exact) mass is 411 g/mol. The van der Waals surface area contributed by atoms with Gasteiger partial charge >= 0.3 is 5.97 Å². The van der Waals surface area contributed by atoms with Gasteiger partial charge in [0.05, 0.1) is 19.8 Å². The quantitative estimate of drug-likeness (QED) is 0.543. The third-order valence-electron chi connectivity index (χ3n) is 5.62. The summed E-state index contributed by atoms with van der Waals surface area (Å²) in [5.41, 5.74) is 2.37. The number of esters is 1. The molecule has 30 heavy (non-hydrogen) atoms. The van der Waals surface area contributed by atoms with Crippen LogP contribution in [0.2, 0.25) is 0 Å². The highest BCUT2D eigenvalue weighted by Crippen LogP contribution is 2.23. The Morgan fingerprint density at radius 2 is 1.80 bits per heavy atom. The number of rotatable bonds is 10. The first-order valence-electron chi connectivity index (χ1n) is 10.8. The van der Waals surface area contributed by atoms with Gasteiger partial charge in [0.25, 0.3) is 0 Å². The maximum atomic E-state index is 12.2. The molecule has 3 rings (SSSR count). The number of carbonyl (C=O) groups excluding carboxylic acids is 1. The summed E-state index contributed by atoms with van der Waals surface area (Å²) in [6, 6.07) is 20.6. The SMILES string of the molecule is COC(=O)CN(C[C@H](Cc1ccccc1)OC1CCCCO1)[C@H](C)c1ccccc1. The minimum atomic E-state index is -0.245. The van der Waals surface area contributed by atoms with Crippen molar-refractivity contribution >= 4 is 5.97 Å². The molecular weight excluding hydrogens is 378 g/mol. The molecule has 3 atom stereocenters. The van der Waals surface area contributed by atoms with Crippen molar-refractivity contribution in [1.29, 1.82) is 0 Å². The van der Waals surface area contributed by atoms with E-state index in [9.17, 15) is 4.79 Å². The molecule has 5 heteroatoms. The second-order valence-corrected chi connectivity index (χ2v) is 7.84. The summed E-state index contributed by atoms with van der Waals surface area (Å²) in [7, 11) is 1.43. The lowest BCUT2D eigenvalue weighted by Crippen LogP contribution is -2.42. The summed E-state index contributed by atoms with van der Waals surface area (Å²) in [6.07, 6.45) is 3.61. The standard InChI is InChI=1S/C25H33NO4/c1-20(22-13-7-4-8-14-22)26(19-24(27)28-2)18-23(17-21-11-5-3-6-12-21)30-25-15-9-10-16-29-25/h3-8,11-14,20,23,25H,9-10,15-19H2,1-2H3/t20-,23+,25?/m1/s1. The van der Waals surface area contributed by atoms with E-state index < -0.39 is 0 Å². The van der Waals surface area contributed by atoms with Crippen molar-refractivity contribution in [3.63, 3.8) is 0 Å². The fourth-order valence-corrected chi connectivity index (χ4v) is 3.86. The number of benzene rings is 2. The van der Waals surface area contributed by atoms with Gasteiger partial charge in [-0.3, -0.25) is 9.69 Å². The van der Waals surface area contributed by atoms with Crippen molar-refractivity contribution in [2.24, 2.45) is 0 Å². The van der Waals surface area contributed by atoms with Gasteiger partial charge < -0.3 is 14.2 Å². The predicted octanol–water partition coefficient (Wildman–Crippen LogP) is 4.38. The first kappa shape index (κ1) is 22.5. The van der Waals surface area contributed by atoms with E-state index in [4.69, 9.17) is 14.2 Å². The first-order valence-corrected chi connectivity index (χ1v) is 10.8. The van der Waals surface area contributed by atoms with E-state index in [2.05, 4.69) is 36.1 Å². The summed E-state index contributed by atoms with van der Waals surface area (Å²) >= 11 is 0. The number of hydrogen-bond acceptors (Lipinski definition) is 5. The molecule has 1 heterocycles. The molecule has 0 N–H and O–H groups in total. The van der Waals surface area contributed by atoms with Crippen LogP contribution < -0.4 is 0 Å². The van der Waals surface area contributed by atoms with Gasteiger partial charge in [0, 0.05) is 19.2 Å². The van der Waals surface area contributed by atoms with Crippen LogP contribution in [-0.4, -0.2) is 50.1 Å². The summed E-state index contributed by atoms with van der Waals surface area (Å²) in [4.78, 5) is 14.3. The van der Waals surface area contributed by atoms with Gasteiger partial charge in [-0.2, -0.15) is 0 Å². The number of hydrogen-bond donors (Lipinski definition) is 0. The van der Waals surface area contributed by atoms with Crippen LogP contribution in [0.5, 0.6) is 0 Å². The second-order valence-electron chi connectivity index (χ2n) is 7.84. The van der Waals surface area contributed by atoms with Gasteiger partial charge in [0.1, 0.15) is 0 Å². The summed E-state index contributed by atoms with van der Waals surface area (Å²) in [5, 5.41) is 0. The van der Waals surface area contributed by atoms with Crippen molar-refractivity contribution in [2.45, 2.75) is 51.0 Å². The fraction of sp³-hybridized carbons (Fsp3) is 0.480. The molecule has 0 bridgehead atoms. The van der Waals surface area contributed by atoms with Gasteiger partial charge in [-0.1, -0.05) is 60.7 Å². The largest absolute Gasteiger partial charge is 0.468 e. The summed E-state index contributed by atoms with van der Waals surface area (Å²) in [5.74, 6) is -0.245. The lowest BCUT2D eigenvalue weighted by atomic mass is 10.0. The molecule has 0 amide bonds. The molecule has 1 saturated heterocycles.